The SMILES string of the molecule is CCCSc1coc(C)c1SCCC. The first-order chi connectivity index (χ1) is 6.79. The van der Waals surface area contributed by atoms with E-state index in [9.17, 15) is 0 Å². The average molecular weight is 230 g/mol. The molecule has 0 radical (unpaired) electrons. The summed E-state index contributed by atoms with van der Waals surface area (Å²) in [5.41, 5.74) is 0. The maximum Gasteiger partial charge on any atom is 0.115 e. The van der Waals surface area contributed by atoms with Crippen LogP contribution in [0.3, 0.4) is 0 Å². The van der Waals surface area contributed by atoms with Gasteiger partial charge in [-0.25, -0.2) is 0 Å². The lowest BCUT2D eigenvalue weighted by atomic mass is 10.5. The van der Waals surface area contributed by atoms with Gasteiger partial charge >= 0.3 is 0 Å². The van der Waals surface area contributed by atoms with Gasteiger partial charge < -0.3 is 4.42 Å². The monoisotopic (exact) mass is 230 g/mol. The van der Waals surface area contributed by atoms with Crippen LogP contribution in [0.25, 0.3) is 0 Å². The lowest BCUT2D eigenvalue weighted by Crippen LogP contribution is -1.80. The van der Waals surface area contributed by atoms with Crippen molar-refractivity contribution in [3.8, 4) is 0 Å². The molecule has 0 saturated heterocycles. The van der Waals surface area contributed by atoms with Gasteiger partial charge in [0.15, 0.2) is 0 Å². The Labute approximate surface area is 95.0 Å². The predicted octanol–water partition coefficient (Wildman–Crippen LogP) is 4.59. The van der Waals surface area contributed by atoms with Gasteiger partial charge in [-0.3, -0.25) is 0 Å². The zero-order chi connectivity index (χ0) is 10.4. The van der Waals surface area contributed by atoms with Gasteiger partial charge in [-0.05, 0) is 31.3 Å². The molecule has 1 aromatic rings. The van der Waals surface area contributed by atoms with E-state index in [0.29, 0.717) is 0 Å². The molecule has 0 saturated carbocycles. The highest BCUT2D eigenvalue weighted by Gasteiger charge is 2.10. The molecular formula is C11H18OS2. The predicted molar refractivity (Wildman–Crippen MR) is 65.5 cm³/mol. The molecule has 0 bridgehead atoms. The van der Waals surface area contributed by atoms with Crippen LogP contribution in [0.4, 0.5) is 0 Å². The zero-order valence-electron chi connectivity index (χ0n) is 9.13. The van der Waals surface area contributed by atoms with Crippen molar-refractivity contribution >= 4 is 23.5 Å². The van der Waals surface area contributed by atoms with E-state index in [4.69, 9.17) is 4.42 Å². The molecule has 0 aliphatic heterocycles. The largest absolute Gasteiger partial charge is 0.467 e. The van der Waals surface area contributed by atoms with Crippen molar-refractivity contribution in [2.45, 2.75) is 43.4 Å². The zero-order valence-corrected chi connectivity index (χ0v) is 10.8. The van der Waals surface area contributed by atoms with Crippen molar-refractivity contribution in [1.29, 1.82) is 0 Å². The average Bonchev–Trinajstić information content (AvgIpc) is 2.53. The van der Waals surface area contributed by atoms with Crippen LogP contribution in [0.15, 0.2) is 20.5 Å². The Balaban J connectivity index is 2.62. The summed E-state index contributed by atoms with van der Waals surface area (Å²) in [5.74, 6) is 3.43. The summed E-state index contributed by atoms with van der Waals surface area (Å²) in [4.78, 5) is 2.67. The van der Waals surface area contributed by atoms with Gasteiger partial charge in [0, 0.05) is 0 Å². The van der Waals surface area contributed by atoms with Crippen LogP contribution in [0.2, 0.25) is 0 Å². The van der Waals surface area contributed by atoms with Crippen molar-refractivity contribution in [2.75, 3.05) is 11.5 Å². The molecule has 14 heavy (non-hydrogen) atoms. The molecule has 0 N–H and O–H groups in total. The van der Waals surface area contributed by atoms with Crippen LogP contribution < -0.4 is 0 Å². The summed E-state index contributed by atoms with van der Waals surface area (Å²) in [6, 6.07) is 0. The fourth-order valence-corrected chi connectivity index (χ4v) is 3.13. The maximum absolute atomic E-state index is 5.45. The third kappa shape index (κ3) is 3.28. The van der Waals surface area contributed by atoms with Crippen molar-refractivity contribution in [1.82, 2.24) is 0 Å². The van der Waals surface area contributed by atoms with Crippen LogP contribution in [0.5, 0.6) is 0 Å². The molecule has 0 spiro atoms. The Morgan fingerprint density at radius 2 is 1.79 bits per heavy atom. The molecule has 1 rings (SSSR count). The van der Waals surface area contributed by atoms with Crippen LogP contribution >= 0.6 is 23.5 Å². The topological polar surface area (TPSA) is 13.1 Å². The first kappa shape index (κ1) is 12.1. The van der Waals surface area contributed by atoms with Gasteiger partial charge in [0.1, 0.15) is 12.0 Å². The van der Waals surface area contributed by atoms with E-state index in [1.54, 1.807) is 0 Å². The number of furan rings is 1. The molecule has 80 valence electrons. The van der Waals surface area contributed by atoms with Gasteiger partial charge in [-0.15, -0.1) is 23.5 Å². The first-order valence-corrected chi connectivity index (χ1v) is 7.10. The minimum atomic E-state index is 1.07. The van der Waals surface area contributed by atoms with Crippen molar-refractivity contribution < 1.29 is 4.42 Å². The van der Waals surface area contributed by atoms with Crippen LogP contribution in [-0.2, 0) is 0 Å². The fourth-order valence-electron chi connectivity index (χ4n) is 1.11. The number of hydrogen-bond acceptors (Lipinski definition) is 3. The second-order valence-corrected chi connectivity index (χ2v) is 5.42. The summed E-state index contributed by atoms with van der Waals surface area (Å²) in [5, 5.41) is 0. The molecule has 3 heteroatoms. The van der Waals surface area contributed by atoms with Crippen molar-refractivity contribution in [3.63, 3.8) is 0 Å². The molecule has 1 aromatic heterocycles. The van der Waals surface area contributed by atoms with Crippen molar-refractivity contribution in [2.24, 2.45) is 0 Å². The summed E-state index contributed by atoms with van der Waals surface area (Å²) >= 11 is 3.82. The smallest absolute Gasteiger partial charge is 0.115 e. The van der Waals surface area contributed by atoms with E-state index in [1.807, 2.05) is 36.7 Å². The minimum absolute atomic E-state index is 1.07. The molecule has 0 unspecified atom stereocenters. The Kier molecular flexibility index (Phi) is 5.56. The summed E-state index contributed by atoms with van der Waals surface area (Å²) in [6.07, 6.45) is 4.33. The summed E-state index contributed by atoms with van der Waals surface area (Å²) in [6.45, 7) is 6.47. The first-order valence-electron chi connectivity index (χ1n) is 5.13. The van der Waals surface area contributed by atoms with Crippen LogP contribution in [0, 0.1) is 6.92 Å². The van der Waals surface area contributed by atoms with Crippen molar-refractivity contribution in [3.05, 3.63) is 12.0 Å². The quantitative estimate of drug-likeness (QED) is 0.663. The number of hydrogen-bond donors (Lipinski definition) is 0. The third-order valence-electron chi connectivity index (χ3n) is 1.80. The highest BCUT2D eigenvalue weighted by Crippen LogP contribution is 2.35. The minimum Gasteiger partial charge on any atom is -0.467 e. The van der Waals surface area contributed by atoms with Crippen LogP contribution in [-0.4, -0.2) is 11.5 Å². The molecule has 0 atom stereocenters. The summed E-state index contributed by atoms with van der Waals surface area (Å²) < 4.78 is 5.45. The van der Waals surface area contributed by atoms with E-state index in [2.05, 4.69) is 13.8 Å². The molecule has 0 amide bonds. The molecule has 0 aliphatic carbocycles. The van der Waals surface area contributed by atoms with Gasteiger partial charge in [0.05, 0.1) is 9.79 Å². The molecule has 1 heterocycles. The van der Waals surface area contributed by atoms with E-state index < -0.39 is 0 Å². The molecular weight excluding hydrogens is 212 g/mol. The van der Waals surface area contributed by atoms with E-state index in [0.717, 1.165) is 5.76 Å². The van der Waals surface area contributed by atoms with E-state index >= 15 is 0 Å². The highest BCUT2D eigenvalue weighted by molar-refractivity contribution is 8.02. The van der Waals surface area contributed by atoms with Gasteiger partial charge in [0.2, 0.25) is 0 Å². The Hall–Kier alpha value is -0.0200. The van der Waals surface area contributed by atoms with E-state index in [1.165, 1.54) is 34.1 Å². The second kappa shape index (κ2) is 6.46. The fraction of sp³-hybridized carbons (Fsp3) is 0.636. The molecule has 0 fully saturated rings. The normalized spacial score (nSPS) is 10.8. The molecule has 1 nitrogen and oxygen atoms in total. The van der Waals surface area contributed by atoms with Crippen LogP contribution in [0.1, 0.15) is 32.4 Å². The standard InChI is InChI=1S/C11H18OS2/c1-4-6-13-10-8-12-9(3)11(10)14-7-5-2/h8H,4-7H2,1-3H3. The number of rotatable bonds is 6. The van der Waals surface area contributed by atoms with Gasteiger partial charge in [-0.2, -0.15) is 0 Å². The highest BCUT2D eigenvalue weighted by atomic mass is 32.2. The Morgan fingerprint density at radius 3 is 2.43 bits per heavy atom. The molecule has 0 aromatic carbocycles. The number of thioether (sulfide) groups is 2. The van der Waals surface area contributed by atoms with E-state index in [-0.39, 0.29) is 0 Å². The Morgan fingerprint density at radius 1 is 1.14 bits per heavy atom. The lowest BCUT2D eigenvalue weighted by Gasteiger charge is -2.01. The third-order valence-corrected chi connectivity index (χ3v) is 4.56. The van der Waals surface area contributed by atoms with Gasteiger partial charge in [-0.1, -0.05) is 13.8 Å². The van der Waals surface area contributed by atoms with Gasteiger partial charge in [0.25, 0.3) is 0 Å². The number of aryl methyl sites for hydroxylation is 1. The maximum atomic E-state index is 5.45. The second-order valence-electron chi connectivity index (χ2n) is 3.18. The Bertz CT molecular complexity index is 268. The molecule has 0 aliphatic rings. The lowest BCUT2D eigenvalue weighted by molar-refractivity contribution is 0.524. The summed E-state index contributed by atoms with van der Waals surface area (Å²) in [7, 11) is 0.